The average molecular weight is 241 g/mol. The molecular formula is C13H11N3O2. The molecule has 0 radical (unpaired) electrons. The Hall–Kier alpha value is -2.74. The zero-order valence-electron chi connectivity index (χ0n) is 9.75. The fourth-order valence-corrected chi connectivity index (χ4v) is 1.39. The van der Waals surface area contributed by atoms with Gasteiger partial charge in [-0.15, -0.1) is 0 Å². The maximum absolute atomic E-state index is 8.71. The van der Waals surface area contributed by atoms with Crippen LogP contribution in [0.25, 0.3) is 0 Å². The minimum absolute atomic E-state index is 0.266. The van der Waals surface area contributed by atoms with Gasteiger partial charge in [0.2, 0.25) is 5.88 Å². The van der Waals surface area contributed by atoms with Crippen LogP contribution in [-0.2, 0) is 0 Å². The van der Waals surface area contributed by atoms with Gasteiger partial charge in [-0.05, 0) is 18.2 Å². The highest BCUT2D eigenvalue weighted by molar-refractivity contribution is 5.53. The number of methoxy groups -OCH3 is 1. The van der Waals surface area contributed by atoms with Crippen molar-refractivity contribution in [1.29, 1.82) is 5.26 Å². The smallest absolute Gasteiger partial charge is 0.242 e. The van der Waals surface area contributed by atoms with E-state index in [4.69, 9.17) is 20.5 Å². The number of hydrogen-bond acceptors (Lipinski definition) is 5. The van der Waals surface area contributed by atoms with E-state index in [9.17, 15) is 0 Å². The fourth-order valence-electron chi connectivity index (χ4n) is 1.39. The molecule has 2 aromatic rings. The second-order valence-electron chi connectivity index (χ2n) is 3.51. The van der Waals surface area contributed by atoms with Crippen LogP contribution in [0.4, 0.5) is 5.69 Å². The summed E-state index contributed by atoms with van der Waals surface area (Å²) >= 11 is 0. The molecule has 5 heteroatoms. The van der Waals surface area contributed by atoms with E-state index in [1.54, 1.807) is 25.3 Å². The van der Waals surface area contributed by atoms with E-state index in [2.05, 4.69) is 4.98 Å². The van der Waals surface area contributed by atoms with Gasteiger partial charge in [0, 0.05) is 12.3 Å². The monoisotopic (exact) mass is 241 g/mol. The fraction of sp³-hybridized carbons (Fsp3) is 0.0769. The molecule has 1 aromatic heterocycles. The summed E-state index contributed by atoms with van der Waals surface area (Å²) in [6.45, 7) is 0. The Morgan fingerprint density at radius 2 is 2.06 bits per heavy atom. The molecule has 0 fully saturated rings. The zero-order chi connectivity index (χ0) is 13.0. The summed E-state index contributed by atoms with van der Waals surface area (Å²) in [5, 5.41) is 8.71. The molecule has 0 aliphatic heterocycles. The van der Waals surface area contributed by atoms with Crippen molar-refractivity contribution >= 4 is 5.69 Å². The van der Waals surface area contributed by atoms with Gasteiger partial charge >= 0.3 is 0 Å². The summed E-state index contributed by atoms with van der Waals surface area (Å²) < 4.78 is 10.6. The van der Waals surface area contributed by atoms with Crippen LogP contribution in [0, 0.1) is 11.3 Å². The Balaban J connectivity index is 2.26. The summed E-state index contributed by atoms with van der Waals surface area (Å²) in [7, 11) is 1.58. The number of hydrogen-bond donors (Lipinski definition) is 1. The molecule has 18 heavy (non-hydrogen) atoms. The molecule has 0 spiro atoms. The molecule has 90 valence electrons. The number of benzene rings is 1. The number of nitriles is 1. The number of rotatable bonds is 3. The molecule has 2 N–H and O–H groups in total. The first kappa shape index (κ1) is 11.7. The van der Waals surface area contributed by atoms with Crippen molar-refractivity contribution in [3.05, 3.63) is 42.1 Å². The van der Waals surface area contributed by atoms with Crippen molar-refractivity contribution in [3.63, 3.8) is 0 Å². The first-order valence-corrected chi connectivity index (χ1v) is 5.20. The highest BCUT2D eigenvalue weighted by atomic mass is 16.5. The normalized spacial score (nSPS) is 9.56. The molecule has 0 bridgehead atoms. The van der Waals surface area contributed by atoms with Crippen LogP contribution in [0.15, 0.2) is 36.5 Å². The van der Waals surface area contributed by atoms with Gasteiger partial charge < -0.3 is 15.2 Å². The quantitative estimate of drug-likeness (QED) is 0.891. The molecular weight excluding hydrogens is 230 g/mol. The van der Waals surface area contributed by atoms with Crippen LogP contribution >= 0.6 is 0 Å². The Labute approximate surface area is 104 Å². The van der Waals surface area contributed by atoms with Crippen LogP contribution in [0.1, 0.15) is 5.56 Å². The maximum Gasteiger partial charge on any atom is 0.242 e. The van der Waals surface area contributed by atoms with Crippen LogP contribution in [0.3, 0.4) is 0 Å². The first-order valence-electron chi connectivity index (χ1n) is 5.20. The highest BCUT2D eigenvalue weighted by Gasteiger charge is 2.06. The number of nitrogens with zero attached hydrogens (tertiary/aromatic N) is 2. The van der Waals surface area contributed by atoms with E-state index in [0.717, 1.165) is 0 Å². The largest absolute Gasteiger partial charge is 0.497 e. The number of nitrogen functional groups attached to an aromatic ring is 1. The van der Waals surface area contributed by atoms with Gasteiger partial charge in [-0.25, -0.2) is 4.98 Å². The Bertz CT molecular complexity index is 605. The summed E-state index contributed by atoms with van der Waals surface area (Å²) in [4.78, 5) is 3.99. The summed E-state index contributed by atoms with van der Waals surface area (Å²) in [5.74, 6) is 1.51. The number of anilines is 1. The van der Waals surface area contributed by atoms with E-state index in [-0.39, 0.29) is 5.88 Å². The SMILES string of the molecule is COc1cccc(Oc2ncc(C#N)cc2N)c1. The molecule has 5 nitrogen and oxygen atoms in total. The summed E-state index contributed by atoms with van der Waals surface area (Å²) in [6, 6.07) is 10.6. The van der Waals surface area contributed by atoms with Crippen molar-refractivity contribution < 1.29 is 9.47 Å². The van der Waals surface area contributed by atoms with Crippen LogP contribution in [0.5, 0.6) is 17.4 Å². The molecule has 1 heterocycles. The summed E-state index contributed by atoms with van der Waals surface area (Å²) in [6.07, 6.45) is 1.41. The topological polar surface area (TPSA) is 81.2 Å². The molecule has 0 amide bonds. The lowest BCUT2D eigenvalue weighted by molar-refractivity contribution is 0.407. The molecule has 0 saturated carbocycles. The van der Waals surface area contributed by atoms with E-state index < -0.39 is 0 Å². The molecule has 1 aromatic carbocycles. The zero-order valence-corrected chi connectivity index (χ0v) is 9.75. The molecule has 2 rings (SSSR count). The van der Waals surface area contributed by atoms with Crippen molar-refractivity contribution in [3.8, 4) is 23.4 Å². The number of nitrogens with two attached hydrogens (primary N) is 1. The third kappa shape index (κ3) is 2.50. The minimum Gasteiger partial charge on any atom is -0.497 e. The molecule has 0 aliphatic carbocycles. The third-order valence-electron chi connectivity index (χ3n) is 2.26. The summed E-state index contributed by atoms with van der Waals surface area (Å²) in [5.41, 5.74) is 6.46. The van der Waals surface area contributed by atoms with Gasteiger partial charge in [0.1, 0.15) is 17.6 Å². The second-order valence-corrected chi connectivity index (χ2v) is 3.51. The van der Waals surface area contributed by atoms with Crippen molar-refractivity contribution in [2.75, 3.05) is 12.8 Å². The van der Waals surface area contributed by atoms with Crippen LogP contribution in [-0.4, -0.2) is 12.1 Å². The van der Waals surface area contributed by atoms with Gasteiger partial charge in [0.15, 0.2) is 0 Å². The molecule has 0 atom stereocenters. The van der Waals surface area contributed by atoms with Gasteiger partial charge in [0.05, 0.1) is 18.4 Å². The van der Waals surface area contributed by atoms with Crippen LogP contribution < -0.4 is 15.2 Å². The Morgan fingerprint density at radius 1 is 1.28 bits per heavy atom. The number of aromatic nitrogens is 1. The molecule has 0 aliphatic rings. The number of ether oxygens (including phenoxy) is 2. The molecule has 0 unspecified atom stereocenters. The van der Waals surface area contributed by atoms with E-state index >= 15 is 0 Å². The molecule has 0 saturated heterocycles. The highest BCUT2D eigenvalue weighted by Crippen LogP contribution is 2.27. The average Bonchev–Trinajstić information content (AvgIpc) is 2.41. The van der Waals surface area contributed by atoms with Crippen molar-refractivity contribution in [2.24, 2.45) is 0 Å². The standard InChI is InChI=1S/C13H11N3O2/c1-17-10-3-2-4-11(6-10)18-13-12(15)5-9(7-14)8-16-13/h2-6,8H,15H2,1H3. The van der Waals surface area contributed by atoms with Gasteiger partial charge in [-0.3, -0.25) is 0 Å². The maximum atomic E-state index is 8.71. The Morgan fingerprint density at radius 3 is 2.72 bits per heavy atom. The minimum atomic E-state index is 0.266. The van der Waals surface area contributed by atoms with Crippen molar-refractivity contribution in [1.82, 2.24) is 4.98 Å². The predicted molar refractivity (Wildman–Crippen MR) is 66.4 cm³/mol. The lowest BCUT2D eigenvalue weighted by Gasteiger charge is -2.08. The lowest BCUT2D eigenvalue weighted by Crippen LogP contribution is -1.96. The lowest BCUT2D eigenvalue weighted by atomic mass is 10.3. The van der Waals surface area contributed by atoms with Gasteiger partial charge in [0.25, 0.3) is 0 Å². The van der Waals surface area contributed by atoms with Crippen LogP contribution in [0.2, 0.25) is 0 Å². The number of pyridine rings is 1. The van der Waals surface area contributed by atoms with Gasteiger partial charge in [-0.2, -0.15) is 5.26 Å². The second kappa shape index (κ2) is 5.06. The van der Waals surface area contributed by atoms with E-state index in [1.807, 2.05) is 12.1 Å². The van der Waals surface area contributed by atoms with E-state index in [1.165, 1.54) is 12.3 Å². The third-order valence-corrected chi connectivity index (χ3v) is 2.26. The van der Waals surface area contributed by atoms with Crippen molar-refractivity contribution in [2.45, 2.75) is 0 Å². The first-order chi connectivity index (χ1) is 8.72. The predicted octanol–water partition coefficient (Wildman–Crippen LogP) is 2.34. The Kier molecular flexibility index (Phi) is 3.30. The van der Waals surface area contributed by atoms with E-state index in [0.29, 0.717) is 22.7 Å². The van der Waals surface area contributed by atoms with Gasteiger partial charge in [-0.1, -0.05) is 6.07 Å².